The average molecular weight is 310 g/mol. The number of aryl methyl sites for hydroxylation is 1. The van der Waals surface area contributed by atoms with Gasteiger partial charge in [0.2, 0.25) is 5.91 Å². The third-order valence-electron chi connectivity index (χ3n) is 3.35. The molecule has 0 saturated heterocycles. The number of fused-ring (bicyclic) bond motifs is 1. The Hall–Kier alpha value is -1.52. The van der Waals surface area contributed by atoms with Gasteiger partial charge in [0.1, 0.15) is 0 Å². The summed E-state index contributed by atoms with van der Waals surface area (Å²) in [6, 6.07) is 8.20. The van der Waals surface area contributed by atoms with E-state index in [0.717, 1.165) is 31.6 Å². The molecular weight excluding hydrogens is 286 g/mol. The molecule has 0 radical (unpaired) electrons. The number of amides is 1. The lowest BCUT2D eigenvalue weighted by atomic mass is 10.2. The summed E-state index contributed by atoms with van der Waals surface area (Å²) in [5.41, 5.74) is 2.06. The third-order valence-corrected chi connectivity index (χ3v) is 3.35. The number of carbonyl (C=O) groups is 1. The molecule has 4 nitrogen and oxygen atoms in total. The standard InChI is InChI=1S/C16H23N3O.ClH/c1-3-10-19-11-8-13-6-7-14(12-15(13)19)18-16(20)5-4-9-17-2;/h6-8,11-12,17H,3-5,9-10H2,1-2H3,(H,18,20);1H. The van der Waals surface area contributed by atoms with Crippen LogP contribution in [0.3, 0.4) is 0 Å². The smallest absolute Gasteiger partial charge is 0.224 e. The largest absolute Gasteiger partial charge is 0.347 e. The topological polar surface area (TPSA) is 46.1 Å². The summed E-state index contributed by atoms with van der Waals surface area (Å²) in [7, 11) is 1.90. The summed E-state index contributed by atoms with van der Waals surface area (Å²) in [6.07, 6.45) is 4.61. The van der Waals surface area contributed by atoms with Crippen LogP contribution in [0.15, 0.2) is 30.5 Å². The van der Waals surface area contributed by atoms with Gasteiger partial charge in [-0.05, 0) is 50.0 Å². The number of hydrogen-bond donors (Lipinski definition) is 2. The minimum absolute atomic E-state index is 0. The van der Waals surface area contributed by atoms with Crippen LogP contribution < -0.4 is 10.6 Å². The second-order valence-corrected chi connectivity index (χ2v) is 5.04. The Labute approximate surface area is 132 Å². The van der Waals surface area contributed by atoms with E-state index in [0.29, 0.717) is 6.42 Å². The molecule has 0 aliphatic carbocycles. The average Bonchev–Trinajstić information content (AvgIpc) is 2.82. The minimum atomic E-state index is 0. The summed E-state index contributed by atoms with van der Waals surface area (Å²) < 4.78 is 2.23. The van der Waals surface area contributed by atoms with E-state index in [1.54, 1.807) is 0 Å². The van der Waals surface area contributed by atoms with Crippen LogP contribution in [0.1, 0.15) is 26.2 Å². The van der Waals surface area contributed by atoms with E-state index in [9.17, 15) is 4.79 Å². The summed E-state index contributed by atoms with van der Waals surface area (Å²) in [6.45, 7) is 4.04. The zero-order chi connectivity index (χ0) is 14.4. The quantitative estimate of drug-likeness (QED) is 0.770. The summed E-state index contributed by atoms with van der Waals surface area (Å²) in [4.78, 5) is 11.8. The Kier molecular flexibility index (Phi) is 7.26. The van der Waals surface area contributed by atoms with Gasteiger partial charge >= 0.3 is 0 Å². The first-order chi connectivity index (χ1) is 9.74. The van der Waals surface area contributed by atoms with E-state index in [2.05, 4.69) is 46.5 Å². The molecule has 2 N–H and O–H groups in total. The molecule has 1 aromatic heterocycles. The van der Waals surface area contributed by atoms with Crippen molar-refractivity contribution in [2.75, 3.05) is 18.9 Å². The summed E-state index contributed by atoms with van der Waals surface area (Å²) in [5.74, 6) is 0.0770. The number of carbonyl (C=O) groups excluding carboxylic acids is 1. The maximum absolute atomic E-state index is 11.8. The van der Waals surface area contributed by atoms with Gasteiger partial charge in [0.15, 0.2) is 0 Å². The van der Waals surface area contributed by atoms with Crippen LogP contribution in [0.2, 0.25) is 0 Å². The van der Waals surface area contributed by atoms with Crippen LogP contribution in [0, 0.1) is 0 Å². The number of hydrogen-bond acceptors (Lipinski definition) is 2. The van der Waals surface area contributed by atoms with E-state index in [4.69, 9.17) is 0 Å². The zero-order valence-corrected chi connectivity index (χ0v) is 13.5. The van der Waals surface area contributed by atoms with Crippen LogP contribution in [-0.2, 0) is 11.3 Å². The lowest BCUT2D eigenvalue weighted by molar-refractivity contribution is -0.116. The van der Waals surface area contributed by atoms with Gasteiger partial charge in [0.25, 0.3) is 0 Å². The van der Waals surface area contributed by atoms with E-state index in [1.165, 1.54) is 10.9 Å². The number of halogens is 1. The second kappa shape index (κ2) is 8.70. The molecule has 2 aromatic rings. The van der Waals surface area contributed by atoms with Crippen molar-refractivity contribution in [3.63, 3.8) is 0 Å². The molecule has 0 fully saturated rings. The molecule has 0 aliphatic heterocycles. The van der Waals surface area contributed by atoms with Gasteiger partial charge in [-0.15, -0.1) is 12.4 Å². The fourth-order valence-corrected chi connectivity index (χ4v) is 2.35. The molecule has 1 amide bonds. The Morgan fingerprint density at radius 2 is 2.10 bits per heavy atom. The van der Waals surface area contributed by atoms with Crippen molar-refractivity contribution in [2.45, 2.75) is 32.7 Å². The molecule has 0 bridgehead atoms. The number of nitrogens with one attached hydrogen (secondary N) is 2. The van der Waals surface area contributed by atoms with Crippen LogP contribution in [0.25, 0.3) is 10.9 Å². The second-order valence-electron chi connectivity index (χ2n) is 5.04. The van der Waals surface area contributed by atoms with Crippen molar-refractivity contribution in [1.82, 2.24) is 9.88 Å². The minimum Gasteiger partial charge on any atom is -0.347 e. The van der Waals surface area contributed by atoms with Crippen molar-refractivity contribution in [2.24, 2.45) is 0 Å². The maximum atomic E-state index is 11.8. The molecular formula is C16H24ClN3O. The molecule has 1 heterocycles. The number of rotatable bonds is 7. The first kappa shape index (κ1) is 17.5. The van der Waals surface area contributed by atoms with Crippen molar-refractivity contribution in [3.05, 3.63) is 30.5 Å². The van der Waals surface area contributed by atoms with E-state index >= 15 is 0 Å². The normalized spacial score (nSPS) is 10.4. The molecule has 0 atom stereocenters. The van der Waals surface area contributed by atoms with Crippen LogP contribution >= 0.6 is 12.4 Å². The summed E-state index contributed by atoms with van der Waals surface area (Å²) in [5, 5.41) is 7.23. The predicted octanol–water partition coefficient (Wildman–Crippen LogP) is 3.41. The van der Waals surface area contributed by atoms with E-state index in [1.807, 2.05) is 13.1 Å². The number of anilines is 1. The van der Waals surface area contributed by atoms with Gasteiger partial charge in [-0.25, -0.2) is 0 Å². The molecule has 21 heavy (non-hydrogen) atoms. The highest BCUT2D eigenvalue weighted by molar-refractivity contribution is 5.93. The number of nitrogens with zero attached hydrogens (tertiary/aromatic N) is 1. The van der Waals surface area contributed by atoms with Crippen molar-refractivity contribution < 1.29 is 4.79 Å². The van der Waals surface area contributed by atoms with Crippen molar-refractivity contribution >= 4 is 34.9 Å². The fraction of sp³-hybridized carbons (Fsp3) is 0.438. The lowest BCUT2D eigenvalue weighted by Crippen LogP contribution is -2.15. The molecule has 0 aliphatic rings. The fourth-order valence-electron chi connectivity index (χ4n) is 2.35. The third kappa shape index (κ3) is 4.76. The van der Waals surface area contributed by atoms with Crippen molar-refractivity contribution in [1.29, 1.82) is 0 Å². The first-order valence-corrected chi connectivity index (χ1v) is 7.28. The zero-order valence-electron chi connectivity index (χ0n) is 12.7. The van der Waals surface area contributed by atoms with Gasteiger partial charge in [-0.1, -0.05) is 13.0 Å². The Balaban J connectivity index is 0.00000220. The molecule has 0 saturated carbocycles. The molecule has 5 heteroatoms. The molecule has 1 aromatic carbocycles. The van der Waals surface area contributed by atoms with E-state index < -0.39 is 0 Å². The molecule has 2 rings (SSSR count). The SMILES string of the molecule is CCCn1ccc2ccc(NC(=O)CCCNC)cc21.Cl. The van der Waals surface area contributed by atoms with Gasteiger partial charge in [-0.2, -0.15) is 0 Å². The van der Waals surface area contributed by atoms with Crippen molar-refractivity contribution in [3.8, 4) is 0 Å². The Bertz CT molecular complexity index is 580. The molecule has 0 spiro atoms. The number of aromatic nitrogens is 1. The van der Waals surface area contributed by atoms with E-state index in [-0.39, 0.29) is 18.3 Å². The molecule has 0 unspecified atom stereocenters. The van der Waals surface area contributed by atoms with Gasteiger partial charge in [-0.3, -0.25) is 4.79 Å². The maximum Gasteiger partial charge on any atom is 0.224 e. The first-order valence-electron chi connectivity index (χ1n) is 7.28. The highest BCUT2D eigenvalue weighted by Gasteiger charge is 2.05. The van der Waals surface area contributed by atoms with Gasteiger partial charge < -0.3 is 15.2 Å². The van der Waals surface area contributed by atoms with Crippen LogP contribution in [0.4, 0.5) is 5.69 Å². The monoisotopic (exact) mass is 309 g/mol. The lowest BCUT2D eigenvalue weighted by Gasteiger charge is -2.07. The highest BCUT2D eigenvalue weighted by Crippen LogP contribution is 2.21. The highest BCUT2D eigenvalue weighted by atomic mass is 35.5. The number of benzene rings is 1. The van der Waals surface area contributed by atoms with Crippen LogP contribution in [-0.4, -0.2) is 24.1 Å². The van der Waals surface area contributed by atoms with Crippen LogP contribution in [0.5, 0.6) is 0 Å². The Morgan fingerprint density at radius 3 is 2.81 bits per heavy atom. The Morgan fingerprint density at radius 1 is 1.29 bits per heavy atom. The van der Waals surface area contributed by atoms with Gasteiger partial charge in [0.05, 0.1) is 5.52 Å². The molecule has 116 valence electrons. The summed E-state index contributed by atoms with van der Waals surface area (Å²) >= 11 is 0. The predicted molar refractivity (Wildman–Crippen MR) is 91.3 cm³/mol. The van der Waals surface area contributed by atoms with Gasteiger partial charge in [0, 0.05) is 24.8 Å².